The van der Waals surface area contributed by atoms with Crippen LogP contribution in [0.4, 0.5) is 10.5 Å². The smallest absolute Gasteiger partial charge is 0.434 e. The second-order valence-electron chi connectivity index (χ2n) is 6.64. The minimum atomic E-state index is -0.795. The van der Waals surface area contributed by atoms with Crippen LogP contribution in [0.15, 0.2) is 48.5 Å². The number of anilines is 1. The van der Waals surface area contributed by atoms with Crippen LogP contribution in [0.1, 0.15) is 35.7 Å². The van der Waals surface area contributed by atoms with Gasteiger partial charge in [0.05, 0.1) is 6.61 Å². The largest absolute Gasteiger partial charge is 0.513 e. The van der Waals surface area contributed by atoms with Crippen molar-refractivity contribution >= 4 is 23.7 Å². The Labute approximate surface area is 174 Å². The molecule has 0 aliphatic carbocycles. The Bertz CT molecular complexity index is 891. The van der Waals surface area contributed by atoms with E-state index in [1.165, 1.54) is 12.1 Å². The third-order valence-electron chi connectivity index (χ3n) is 4.52. The van der Waals surface area contributed by atoms with E-state index in [9.17, 15) is 14.4 Å². The van der Waals surface area contributed by atoms with E-state index in [1.54, 1.807) is 25.1 Å². The van der Waals surface area contributed by atoms with Gasteiger partial charge in [-0.25, -0.2) is 4.79 Å². The molecule has 0 aromatic heterocycles. The zero-order valence-corrected chi connectivity index (χ0v) is 16.7. The topological polar surface area (TPSA) is 103 Å². The van der Waals surface area contributed by atoms with Crippen molar-refractivity contribution in [3.8, 4) is 5.75 Å². The first-order chi connectivity index (χ1) is 14.6. The predicted octanol–water partition coefficient (Wildman–Crippen LogP) is 3.27. The van der Waals surface area contributed by atoms with Gasteiger partial charge in [-0.15, -0.1) is 0 Å². The van der Waals surface area contributed by atoms with E-state index in [0.29, 0.717) is 24.3 Å². The van der Waals surface area contributed by atoms with Gasteiger partial charge in [-0.05, 0) is 55.7 Å². The SMILES string of the molecule is CCOC(=O)Oc1ccc(C(=O)NCc2ccccc2NC(=O)C2CCCO2)cc1. The Morgan fingerprint density at radius 2 is 1.87 bits per heavy atom. The Hall–Kier alpha value is -3.39. The summed E-state index contributed by atoms with van der Waals surface area (Å²) in [5.41, 5.74) is 1.82. The molecule has 1 heterocycles. The van der Waals surface area contributed by atoms with E-state index in [-0.39, 0.29) is 30.7 Å². The van der Waals surface area contributed by atoms with Crippen LogP contribution in [0.2, 0.25) is 0 Å². The van der Waals surface area contributed by atoms with Crippen LogP contribution in [0.25, 0.3) is 0 Å². The molecule has 2 amide bonds. The van der Waals surface area contributed by atoms with Gasteiger partial charge in [0.15, 0.2) is 0 Å². The molecule has 158 valence electrons. The van der Waals surface area contributed by atoms with Gasteiger partial charge < -0.3 is 24.8 Å². The van der Waals surface area contributed by atoms with Gasteiger partial charge >= 0.3 is 6.16 Å². The van der Waals surface area contributed by atoms with Crippen molar-refractivity contribution in [3.05, 3.63) is 59.7 Å². The summed E-state index contributed by atoms with van der Waals surface area (Å²) in [5.74, 6) is -0.186. The lowest BCUT2D eigenvalue weighted by Crippen LogP contribution is -2.28. The Morgan fingerprint density at radius 3 is 2.57 bits per heavy atom. The maximum absolute atomic E-state index is 12.4. The molecule has 1 atom stereocenters. The Balaban J connectivity index is 1.57. The van der Waals surface area contributed by atoms with Gasteiger partial charge in [0, 0.05) is 24.4 Å². The minimum absolute atomic E-state index is 0.177. The first kappa shape index (κ1) is 21.3. The molecule has 30 heavy (non-hydrogen) atoms. The molecule has 2 aromatic carbocycles. The normalized spacial score (nSPS) is 15.3. The molecule has 2 aromatic rings. The lowest BCUT2D eigenvalue weighted by molar-refractivity contribution is -0.124. The van der Waals surface area contributed by atoms with Crippen LogP contribution in [0, 0.1) is 0 Å². The molecule has 3 rings (SSSR count). The summed E-state index contributed by atoms with van der Waals surface area (Å²) in [7, 11) is 0. The molecule has 1 unspecified atom stereocenters. The maximum Gasteiger partial charge on any atom is 0.513 e. The second kappa shape index (κ2) is 10.4. The van der Waals surface area contributed by atoms with Crippen molar-refractivity contribution in [2.75, 3.05) is 18.5 Å². The monoisotopic (exact) mass is 412 g/mol. The molecular formula is C22H24N2O6. The fraction of sp³-hybridized carbons (Fsp3) is 0.318. The number of benzene rings is 2. The molecule has 1 saturated heterocycles. The number of rotatable bonds is 7. The van der Waals surface area contributed by atoms with Gasteiger partial charge in [0.2, 0.25) is 0 Å². The molecule has 0 bridgehead atoms. The third kappa shape index (κ3) is 5.81. The van der Waals surface area contributed by atoms with E-state index in [1.807, 2.05) is 18.2 Å². The van der Waals surface area contributed by atoms with Crippen molar-refractivity contribution < 1.29 is 28.6 Å². The van der Waals surface area contributed by atoms with Crippen molar-refractivity contribution in [3.63, 3.8) is 0 Å². The minimum Gasteiger partial charge on any atom is -0.434 e. The first-order valence-electron chi connectivity index (χ1n) is 9.80. The number of carbonyl (C=O) groups excluding carboxylic acids is 3. The molecule has 8 heteroatoms. The number of para-hydroxylation sites is 1. The highest BCUT2D eigenvalue weighted by atomic mass is 16.7. The number of hydrogen-bond donors (Lipinski definition) is 2. The van der Waals surface area contributed by atoms with Gasteiger partial charge in [0.25, 0.3) is 11.8 Å². The number of hydrogen-bond acceptors (Lipinski definition) is 6. The van der Waals surface area contributed by atoms with Crippen molar-refractivity contribution in [2.45, 2.75) is 32.4 Å². The van der Waals surface area contributed by atoms with E-state index in [0.717, 1.165) is 12.0 Å². The van der Waals surface area contributed by atoms with Crippen LogP contribution in [0.5, 0.6) is 5.75 Å². The number of ether oxygens (including phenoxy) is 3. The standard InChI is InChI=1S/C22H24N2O6/c1-2-28-22(27)30-17-11-9-15(10-12-17)20(25)23-14-16-6-3-4-7-18(16)24-21(26)19-8-5-13-29-19/h3-4,6-7,9-12,19H,2,5,8,13-14H2,1H3,(H,23,25)(H,24,26). The Kier molecular flexibility index (Phi) is 7.40. The van der Waals surface area contributed by atoms with Crippen molar-refractivity contribution in [1.82, 2.24) is 5.32 Å². The average Bonchev–Trinajstić information content (AvgIpc) is 3.29. The third-order valence-corrected chi connectivity index (χ3v) is 4.52. The molecule has 1 aliphatic heterocycles. The molecular weight excluding hydrogens is 388 g/mol. The fourth-order valence-corrected chi connectivity index (χ4v) is 2.99. The summed E-state index contributed by atoms with van der Waals surface area (Å²) >= 11 is 0. The summed E-state index contributed by atoms with van der Waals surface area (Å²) in [4.78, 5) is 36.1. The van der Waals surface area contributed by atoms with Gasteiger partial charge in [-0.1, -0.05) is 18.2 Å². The molecule has 0 saturated carbocycles. The van der Waals surface area contributed by atoms with E-state index in [4.69, 9.17) is 14.2 Å². The quantitative estimate of drug-likeness (QED) is 0.534. The number of nitrogens with one attached hydrogen (secondary N) is 2. The molecule has 1 aliphatic rings. The van der Waals surface area contributed by atoms with Crippen molar-refractivity contribution in [2.24, 2.45) is 0 Å². The average molecular weight is 412 g/mol. The molecule has 0 spiro atoms. The van der Waals surface area contributed by atoms with Gasteiger partial charge in [-0.2, -0.15) is 0 Å². The zero-order valence-electron chi connectivity index (χ0n) is 16.7. The number of amides is 2. The molecule has 2 N–H and O–H groups in total. The van der Waals surface area contributed by atoms with Gasteiger partial charge in [-0.3, -0.25) is 9.59 Å². The van der Waals surface area contributed by atoms with E-state index >= 15 is 0 Å². The summed E-state index contributed by atoms with van der Waals surface area (Å²) in [6.07, 6.45) is 0.361. The van der Waals surface area contributed by atoms with E-state index < -0.39 is 12.3 Å². The lowest BCUT2D eigenvalue weighted by Gasteiger charge is -2.14. The predicted molar refractivity (Wildman–Crippen MR) is 109 cm³/mol. The van der Waals surface area contributed by atoms with Crippen LogP contribution < -0.4 is 15.4 Å². The summed E-state index contributed by atoms with van der Waals surface area (Å²) in [5, 5.41) is 5.70. The molecule has 0 radical (unpaired) electrons. The van der Waals surface area contributed by atoms with E-state index in [2.05, 4.69) is 10.6 Å². The van der Waals surface area contributed by atoms with Crippen LogP contribution in [0.3, 0.4) is 0 Å². The number of carbonyl (C=O) groups is 3. The highest BCUT2D eigenvalue weighted by Crippen LogP contribution is 2.19. The maximum atomic E-state index is 12.4. The molecule has 1 fully saturated rings. The highest BCUT2D eigenvalue weighted by Gasteiger charge is 2.24. The lowest BCUT2D eigenvalue weighted by atomic mass is 10.1. The second-order valence-corrected chi connectivity index (χ2v) is 6.64. The van der Waals surface area contributed by atoms with Crippen molar-refractivity contribution in [1.29, 1.82) is 0 Å². The van der Waals surface area contributed by atoms with Gasteiger partial charge in [0.1, 0.15) is 11.9 Å². The zero-order chi connectivity index (χ0) is 21.3. The highest BCUT2D eigenvalue weighted by molar-refractivity contribution is 5.96. The Morgan fingerprint density at radius 1 is 1.10 bits per heavy atom. The fourth-order valence-electron chi connectivity index (χ4n) is 2.99. The van der Waals surface area contributed by atoms with Crippen LogP contribution in [-0.4, -0.2) is 37.3 Å². The van der Waals surface area contributed by atoms with Crippen LogP contribution in [-0.2, 0) is 20.8 Å². The molecule has 8 nitrogen and oxygen atoms in total. The summed E-state index contributed by atoms with van der Waals surface area (Å²) in [6.45, 7) is 2.73. The first-order valence-corrected chi connectivity index (χ1v) is 9.80. The summed E-state index contributed by atoms with van der Waals surface area (Å²) < 4.78 is 15.1. The summed E-state index contributed by atoms with van der Waals surface area (Å²) in [6, 6.07) is 13.4. The van der Waals surface area contributed by atoms with Crippen LogP contribution >= 0.6 is 0 Å².